The maximum atomic E-state index is 6.91. The van der Waals surface area contributed by atoms with Crippen molar-refractivity contribution in [2.45, 2.75) is 0 Å². The van der Waals surface area contributed by atoms with Gasteiger partial charge in [0, 0.05) is 84.5 Å². The van der Waals surface area contributed by atoms with Crippen molar-refractivity contribution in [2.24, 2.45) is 0 Å². The van der Waals surface area contributed by atoms with Crippen LogP contribution in [0.3, 0.4) is 0 Å². The van der Waals surface area contributed by atoms with Gasteiger partial charge in [0.1, 0.15) is 11.2 Å². The fourth-order valence-electron chi connectivity index (χ4n) is 8.40. The molecule has 0 radical (unpaired) electrons. The van der Waals surface area contributed by atoms with Crippen molar-refractivity contribution < 1.29 is 4.42 Å². The van der Waals surface area contributed by atoms with Crippen molar-refractivity contribution in [1.29, 1.82) is 0 Å². The van der Waals surface area contributed by atoms with Crippen molar-refractivity contribution in [1.82, 2.24) is 15.0 Å². The Hall–Kier alpha value is -6.99. The number of thiophene rings is 2. The third-order valence-electron chi connectivity index (χ3n) is 11.0. The fraction of sp³-hybridized carbons (Fsp3) is 0. The minimum Gasteiger partial charge on any atom is -0.455 e. The van der Waals surface area contributed by atoms with Crippen LogP contribution in [0, 0.1) is 0 Å². The van der Waals surface area contributed by atoms with Gasteiger partial charge in [-0.2, -0.15) is 0 Å². The molecule has 0 aliphatic carbocycles. The molecule has 0 saturated heterocycles. The van der Waals surface area contributed by atoms with Gasteiger partial charge in [-0.15, -0.1) is 22.7 Å². The Morgan fingerprint density at radius 2 is 0.860 bits per heavy atom. The summed E-state index contributed by atoms with van der Waals surface area (Å²) in [6.07, 6.45) is 0. The van der Waals surface area contributed by atoms with E-state index in [1.54, 1.807) is 0 Å². The Balaban J connectivity index is 1.09. The lowest BCUT2D eigenvalue weighted by Gasteiger charge is -2.11. The molecule has 6 heteroatoms. The van der Waals surface area contributed by atoms with Gasteiger partial charge < -0.3 is 4.42 Å². The molecule has 0 saturated carbocycles. The number of hydrogen-bond donors (Lipinski definition) is 0. The lowest BCUT2D eigenvalue weighted by molar-refractivity contribution is 0.670. The zero-order valence-corrected chi connectivity index (χ0v) is 31.9. The number of nitrogens with zero attached hydrogens (tertiary/aromatic N) is 3. The van der Waals surface area contributed by atoms with Gasteiger partial charge in [0.15, 0.2) is 17.5 Å². The number of benzene rings is 8. The summed E-state index contributed by atoms with van der Waals surface area (Å²) in [6, 6.07) is 61.8. The summed E-state index contributed by atoms with van der Waals surface area (Å²) in [6.45, 7) is 0. The fourth-order valence-corrected chi connectivity index (χ4v) is 10.9. The molecule has 4 nitrogen and oxygen atoms in total. The van der Waals surface area contributed by atoms with Crippen LogP contribution in [0.15, 0.2) is 180 Å². The average Bonchev–Trinajstić information content (AvgIpc) is 3.99. The van der Waals surface area contributed by atoms with Gasteiger partial charge in [-0.05, 0) is 23.8 Å². The van der Waals surface area contributed by atoms with Gasteiger partial charge in [-0.25, -0.2) is 15.0 Å². The van der Waals surface area contributed by atoms with E-state index in [9.17, 15) is 0 Å². The molecule has 266 valence electrons. The number of fused-ring (bicyclic) bond motifs is 9. The van der Waals surface area contributed by atoms with Gasteiger partial charge in [0.2, 0.25) is 0 Å². The predicted octanol–water partition coefficient (Wildman–Crippen LogP) is 14.8. The summed E-state index contributed by atoms with van der Waals surface area (Å²) in [5.74, 6) is 1.86. The SMILES string of the molecule is c1ccc(-c2nc(-c3ccccc3)nc(-c3cccc4oc5c(-c6ccc(-c7cccc8c7sc7ccccc78)c7sc8ccccc8c67)cccc5c34)n2)cc1. The molecule has 12 aromatic rings. The molecule has 12 rings (SSSR count). The molecule has 0 aliphatic rings. The first-order valence-electron chi connectivity index (χ1n) is 18.9. The van der Waals surface area contributed by atoms with E-state index in [1.807, 2.05) is 95.5 Å². The maximum Gasteiger partial charge on any atom is 0.164 e. The third kappa shape index (κ3) is 5.08. The summed E-state index contributed by atoms with van der Waals surface area (Å²) in [5.41, 5.74) is 9.13. The maximum absolute atomic E-state index is 6.91. The van der Waals surface area contributed by atoms with Crippen LogP contribution >= 0.6 is 22.7 Å². The molecule has 0 fully saturated rings. The first-order valence-corrected chi connectivity index (χ1v) is 20.6. The molecule has 4 heterocycles. The molecule has 0 unspecified atom stereocenters. The lowest BCUT2D eigenvalue weighted by Crippen LogP contribution is -2.00. The predicted molar refractivity (Wildman–Crippen MR) is 240 cm³/mol. The molecule has 8 aromatic carbocycles. The number of furan rings is 1. The summed E-state index contributed by atoms with van der Waals surface area (Å²) >= 11 is 3.75. The monoisotopic (exact) mass is 763 g/mol. The van der Waals surface area contributed by atoms with Crippen LogP contribution in [0.4, 0.5) is 0 Å². The minimum atomic E-state index is 0.604. The second-order valence-corrected chi connectivity index (χ2v) is 16.3. The summed E-state index contributed by atoms with van der Waals surface area (Å²) in [7, 11) is 0. The quantitative estimate of drug-likeness (QED) is 0.175. The van der Waals surface area contributed by atoms with Gasteiger partial charge in [-0.3, -0.25) is 0 Å². The van der Waals surface area contributed by atoms with E-state index in [4.69, 9.17) is 19.4 Å². The van der Waals surface area contributed by atoms with Crippen LogP contribution in [0.2, 0.25) is 0 Å². The number of hydrogen-bond acceptors (Lipinski definition) is 6. The first kappa shape index (κ1) is 32.3. The van der Waals surface area contributed by atoms with E-state index in [0.717, 1.165) is 49.8 Å². The van der Waals surface area contributed by atoms with Gasteiger partial charge >= 0.3 is 0 Å². The average molecular weight is 764 g/mol. The Kier molecular flexibility index (Phi) is 7.24. The van der Waals surface area contributed by atoms with E-state index in [0.29, 0.717) is 17.5 Å². The summed E-state index contributed by atoms with van der Waals surface area (Å²) in [4.78, 5) is 15.1. The smallest absolute Gasteiger partial charge is 0.164 e. The van der Waals surface area contributed by atoms with Crippen molar-refractivity contribution in [3.63, 3.8) is 0 Å². The van der Waals surface area contributed by atoms with Crippen molar-refractivity contribution >= 4 is 85.0 Å². The van der Waals surface area contributed by atoms with Crippen molar-refractivity contribution in [3.8, 4) is 56.4 Å². The Morgan fingerprint density at radius 3 is 1.61 bits per heavy atom. The van der Waals surface area contributed by atoms with Gasteiger partial charge in [0.05, 0.1) is 0 Å². The molecular weight excluding hydrogens is 735 g/mol. The van der Waals surface area contributed by atoms with Crippen LogP contribution in [-0.4, -0.2) is 15.0 Å². The third-order valence-corrected chi connectivity index (χ3v) is 13.4. The van der Waals surface area contributed by atoms with Crippen LogP contribution in [0.25, 0.3) is 119 Å². The number of rotatable bonds is 5. The summed E-state index contributed by atoms with van der Waals surface area (Å²) < 4.78 is 12.1. The molecule has 0 bridgehead atoms. The highest BCUT2D eigenvalue weighted by Gasteiger charge is 2.23. The summed E-state index contributed by atoms with van der Waals surface area (Å²) in [5, 5.41) is 7.12. The zero-order valence-electron chi connectivity index (χ0n) is 30.3. The Bertz CT molecular complexity index is 3470. The standard InChI is InChI=1S/C51H29N3OS2/c1-3-14-30(15-4-1)49-52-50(31-16-5-2-6-17-31)54-51(53-49)40-24-13-25-41-44(40)39-23-11-20-34(46(39)55-41)33-28-29-37(48-45(33)38-19-8-10-27-43(38)57-48)36-22-12-21-35-32-18-7-9-26-42(32)56-47(35)36/h1-29H. The van der Waals surface area contributed by atoms with E-state index in [-0.39, 0.29) is 0 Å². The van der Waals surface area contributed by atoms with Crippen LogP contribution in [0.1, 0.15) is 0 Å². The molecule has 0 amide bonds. The lowest BCUT2D eigenvalue weighted by atomic mass is 9.93. The topological polar surface area (TPSA) is 51.8 Å². The van der Waals surface area contributed by atoms with Crippen LogP contribution in [0.5, 0.6) is 0 Å². The molecular formula is C51H29N3OS2. The Labute approximate surface area is 335 Å². The van der Waals surface area contributed by atoms with Gasteiger partial charge in [0.25, 0.3) is 0 Å². The highest BCUT2D eigenvalue weighted by molar-refractivity contribution is 7.27. The number of para-hydroxylation sites is 1. The van der Waals surface area contributed by atoms with E-state index < -0.39 is 0 Å². The normalized spacial score (nSPS) is 11.9. The molecule has 57 heavy (non-hydrogen) atoms. The van der Waals surface area contributed by atoms with Crippen molar-refractivity contribution in [2.75, 3.05) is 0 Å². The highest BCUT2D eigenvalue weighted by Crippen LogP contribution is 2.49. The second kappa shape index (κ2) is 12.8. The molecule has 4 aromatic heterocycles. The highest BCUT2D eigenvalue weighted by atomic mass is 32.1. The van der Waals surface area contributed by atoms with E-state index in [2.05, 4.69) is 103 Å². The zero-order chi connectivity index (χ0) is 37.5. The van der Waals surface area contributed by atoms with Crippen LogP contribution in [-0.2, 0) is 0 Å². The Morgan fingerprint density at radius 1 is 0.333 bits per heavy atom. The molecule has 0 spiro atoms. The minimum absolute atomic E-state index is 0.604. The first-order chi connectivity index (χ1) is 28.3. The second-order valence-electron chi connectivity index (χ2n) is 14.2. The number of aromatic nitrogens is 3. The molecule has 0 aliphatic heterocycles. The van der Waals surface area contributed by atoms with Crippen molar-refractivity contribution in [3.05, 3.63) is 176 Å². The van der Waals surface area contributed by atoms with Crippen LogP contribution < -0.4 is 0 Å². The molecule has 0 atom stereocenters. The van der Waals surface area contributed by atoms with Gasteiger partial charge in [-0.1, -0.05) is 158 Å². The largest absolute Gasteiger partial charge is 0.455 e. The molecule has 0 N–H and O–H groups in total. The van der Waals surface area contributed by atoms with E-state index >= 15 is 0 Å². The van der Waals surface area contributed by atoms with E-state index in [1.165, 1.54) is 51.5 Å².